The number of benzene rings is 1. The van der Waals surface area contributed by atoms with Gasteiger partial charge in [0.2, 0.25) is 5.91 Å². The van der Waals surface area contributed by atoms with Gasteiger partial charge in [0, 0.05) is 17.6 Å². The first-order chi connectivity index (χ1) is 9.06. The van der Waals surface area contributed by atoms with Gasteiger partial charge in [0.05, 0.1) is 5.52 Å². The topological polar surface area (TPSA) is 65.1 Å². The van der Waals surface area contributed by atoms with E-state index in [1.807, 2.05) is 0 Å². The second kappa shape index (κ2) is 5.45. The number of carbonyl (C=O) groups excluding carboxylic acids is 1. The third-order valence-corrected chi connectivity index (χ3v) is 3.47. The number of aromatic amines is 1. The van der Waals surface area contributed by atoms with E-state index in [0.29, 0.717) is 6.54 Å². The number of aryl methyl sites for hydroxylation is 3. The molecule has 1 aromatic carbocycles. The van der Waals surface area contributed by atoms with Crippen LogP contribution in [0.3, 0.4) is 0 Å². The number of H-pyrrole nitrogens is 1. The molecular formula is C15H20N2O2. The summed E-state index contributed by atoms with van der Waals surface area (Å²) in [7, 11) is 0. The van der Waals surface area contributed by atoms with Crippen molar-refractivity contribution in [2.75, 3.05) is 6.61 Å². The molecule has 0 aliphatic heterocycles. The molecule has 4 nitrogen and oxygen atoms in total. The van der Waals surface area contributed by atoms with Gasteiger partial charge < -0.3 is 15.4 Å². The highest BCUT2D eigenvalue weighted by Crippen LogP contribution is 2.26. The number of carbonyl (C=O) groups is 1. The normalized spacial score (nSPS) is 10.9. The van der Waals surface area contributed by atoms with E-state index in [0.717, 1.165) is 17.5 Å². The summed E-state index contributed by atoms with van der Waals surface area (Å²) in [6.45, 7) is 6.25. The number of hydrogen-bond donors (Lipinski definition) is 3. The molecule has 1 aromatic heterocycles. The molecule has 2 rings (SSSR count). The van der Waals surface area contributed by atoms with Crippen molar-refractivity contribution in [2.45, 2.75) is 33.7 Å². The molecule has 0 radical (unpaired) electrons. The predicted molar refractivity (Wildman–Crippen MR) is 76.1 cm³/mol. The number of rotatable bonds is 4. The summed E-state index contributed by atoms with van der Waals surface area (Å²) in [4.78, 5) is 14.6. The van der Waals surface area contributed by atoms with Gasteiger partial charge in [-0.25, -0.2) is 0 Å². The van der Waals surface area contributed by atoms with Crippen molar-refractivity contribution in [3.05, 3.63) is 34.5 Å². The van der Waals surface area contributed by atoms with Crippen molar-refractivity contribution in [2.24, 2.45) is 0 Å². The molecule has 0 fully saturated rings. The van der Waals surface area contributed by atoms with Crippen molar-refractivity contribution in [1.82, 2.24) is 10.3 Å². The standard InChI is InChI=1S/C15H20N2O2/c1-4-13-10(3)12-6-9(2)5-11(15(12)17-13)7-16-14(19)8-18/h5-6,17-18H,4,7-8H2,1-3H3,(H,16,19). The highest BCUT2D eigenvalue weighted by atomic mass is 16.3. The summed E-state index contributed by atoms with van der Waals surface area (Å²) < 4.78 is 0. The third kappa shape index (κ3) is 2.63. The molecular weight excluding hydrogens is 240 g/mol. The lowest BCUT2D eigenvalue weighted by molar-refractivity contribution is -0.123. The lowest BCUT2D eigenvalue weighted by Gasteiger charge is -2.07. The lowest BCUT2D eigenvalue weighted by atomic mass is 10.0. The van der Waals surface area contributed by atoms with Crippen LogP contribution in [0.15, 0.2) is 12.1 Å². The van der Waals surface area contributed by atoms with E-state index in [-0.39, 0.29) is 5.91 Å². The monoisotopic (exact) mass is 260 g/mol. The molecule has 0 spiro atoms. The Hall–Kier alpha value is -1.81. The fourth-order valence-corrected chi connectivity index (χ4v) is 2.45. The van der Waals surface area contributed by atoms with Crippen LogP contribution in [-0.2, 0) is 17.8 Å². The van der Waals surface area contributed by atoms with Crippen molar-refractivity contribution in [1.29, 1.82) is 0 Å². The minimum absolute atomic E-state index is 0.353. The zero-order valence-corrected chi connectivity index (χ0v) is 11.6. The van der Waals surface area contributed by atoms with Gasteiger partial charge in [-0.2, -0.15) is 0 Å². The Bertz CT molecular complexity index is 614. The fourth-order valence-electron chi connectivity index (χ4n) is 2.45. The van der Waals surface area contributed by atoms with Crippen LogP contribution in [0.4, 0.5) is 0 Å². The maximum Gasteiger partial charge on any atom is 0.245 e. The lowest BCUT2D eigenvalue weighted by Crippen LogP contribution is -2.25. The molecule has 0 bridgehead atoms. The summed E-state index contributed by atoms with van der Waals surface area (Å²) in [5.74, 6) is -0.353. The minimum Gasteiger partial charge on any atom is -0.387 e. The van der Waals surface area contributed by atoms with Crippen LogP contribution >= 0.6 is 0 Å². The SMILES string of the molecule is CCc1[nH]c2c(CNC(=O)CO)cc(C)cc2c1C. The van der Waals surface area contributed by atoms with Crippen LogP contribution in [0.2, 0.25) is 0 Å². The fraction of sp³-hybridized carbons (Fsp3) is 0.400. The number of hydrogen-bond acceptors (Lipinski definition) is 2. The van der Waals surface area contributed by atoms with Crippen LogP contribution in [-0.4, -0.2) is 22.6 Å². The summed E-state index contributed by atoms with van der Waals surface area (Å²) in [5.41, 5.74) is 5.81. The molecule has 0 aliphatic rings. The van der Waals surface area contributed by atoms with E-state index in [4.69, 9.17) is 5.11 Å². The average Bonchev–Trinajstić information content (AvgIpc) is 2.72. The number of aliphatic hydroxyl groups excluding tert-OH is 1. The number of nitrogens with one attached hydrogen (secondary N) is 2. The summed E-state index contributed by atoms with van der Waals surface area (Å²) >= 11 is 0. The summed E-state index contributed by atoms with van der Waals surface area (Å²) in [5, 5.41) is 12.7. The molecule has 4 heteroatoms. The van der Waals surface area contributed by atoms with Gasteiger partial charge in [-0.1, -0.05) is 18.6 Å². The average molecular weight is 260 g/mol. The van der Waals surface area contributed by atoms with Gasteiger partial charge in [0.15, 0.2) is 0 Å². The summed E-state index contributed by atoms with van der Waals surface area (Å²) in [6.07, 6.45) is 0.960. The zero-order chi connectivity index (χ0) is 14.0. The molecule has 0 saturated carbocycles. The van der Waals surface area contributed by atoms with Crippen LogP contribution in [0, 0.1) is 13.8 Å². The highest BCUT2D eigenvalue weighted by Gasteiger charge is 2.11. The molecule has 1 amide bonds. The Kier molecular flexibility index (Phi) is 3.90. The van der Waals surface area contributed by atoms with Gasteiger partial charge in [0.1, 0.15) is 6.61 Å². The zero-order valence-electron chi connectivity index (χ0n) is 11.6. The van der Waals surface area contributed by atoms with Crippen molar-refractivity contribution >= 4 is 16.8 Å². The first kappa shape index (κ1) is 13.6. The first-order valence-corrected chi connectivity index (χ1v) is 6.55. The van der Waals surface area contributed by atoms with Gasteiger partial charge in [0.25, 0.3) is 0 Å². The van der Waals surface area contributed by atoms with Gasteiger partial charge in [-0.3, -0.25) is 4.79 Å². The number of amides is 1. The molecule has 0 atom stereocenters. The largest absolute Gasteiger partial charge is 0.387 e. The summed E-state index contributed by atoms with van der Waals surface area (Å²) in [6, 6.07) is 4.23. The maximum atomic E-state index is 11.2. The van der Waals surface area contributed by atoms with Crippen LogP contribution in [0.25, 0.3) is 10.9 Å². The maximum absolute atomic E-state index is 11.2. The van der Waals surface area contributed by atoms with Crippen LogP contribution in [0.1, 0.15) is 29.3 Å². The molecule has 3 N–H and O–H groups in total. The molecule has 0 unspecified atom stereocenters. The molecule has 0 saturated heterocycles. The van der Waals surface area contributed by atoms with Gasteiger partial charge >= 0.3 is 0 Å². The molecule has 0 aliphatic carbocycles. The van der Waals surface area contributed by atoms with E-state index >= 15 is 0 Å². The molecule has 2 aromatic rings. The van der Waals surface area contributed by atoms with E-state index in [2.05, 4.69) is 43.2 Å². The van der Waals surface area contributed by atoms with Crippen molar-refractivity contribution < 1.29 is 9.90 Å². The number of aliphatic hydroxyl groups is 1. The predicted octanol–water partition coefficient (Wildman–Crippen LogP) is 1.96. The van der Waals surface area contributed by atoms with E-state index < -0.39 is 6.61 Å². The molecule has 19 heavy (non-hydrogen) atoms. The Morgan fingerprint density at radius 3 is 2.74 bits per heavy atom. The highest BCUT2D eigenvalue weighted by molar-refractivity contribution is 5.88. The Labute approximate surface area is 112 Å². The van der Waals surface area contributed by atoms with E-state index in [1.165, 1.54) is 22.2 Å². The van der Waals surface area contributed by atoms with Gasteiger partial charge in [-0.15, -0.1) is 0 Å². The van der Waals surface area contributed by atoms with Crippen LogP contribution < -0.4 is 5.32 Å². The number of fused-ring (bicyclic) bond motifs is 1. The van der Waals surface area contributed by atoms with Gasteiger partial charge in [-0.05, 0) is 37.5 Å². The molecule has 102 valence electrons. The number of aromatic nitrogens is 1. The Balaban J connectivity index is 2.45. The quantitative estimate of drug-likeness (QED) is 0.786. The van der Waals surface area contributed by atoms with Crippen LogP contribution in [0.5, 0.6) is 0 Å². The minimum atomic E-state index is -0.473. The van der Waals surface area contributed by atoms with E-state index in [9.17, 15) is 4.79 Å². The first-order valence-electron chi connectivity index (χ1n) is 6.55. The smallest absolute Gasteiger partial charge is 0.245 e. The second-order valence-corrected chi connectivity index (χ2v) is 4.86. The van der Waals surface area contributed by atoms with E-state index in [1.54, 1.807) is 0 Å². The molecule has 1 heterocycles. The second-order valence-electron chi connectivity index (χ2n) is 4.86. The third-order valence-electron chi connectivity index (χ3n) is 3.47. The Morgan fingerprint density at radius 2 is 2.11 bits per heavy atom. The Morgan fingerprint density at radius 1 is 1.37 bits per heavy atom. The van der Waals surface area contributed by atoms with Crippen molar-refractivity contribution in [3.63, 3.8) is 0 Å². The van der Waals surface area contributed by atoms with Crippen molar-refractivity contribution in [3.8, 4) is 0 Å².